The molecule has 1 aliphatic heterocycles. The molecule has 0 radical (unpaired) electrons. The third-order valence-electron chi connectivity index (χ3n) is 4.34. The third-order valence-corrected chi connectivity index (χ3v) is 4.34. The molecular formula is C16H23N3O3. The molecule has 0 atom stereocenters. The zero-order valence-electron chi connectivity index (χ0n) is 13.2. The summed E-state index contributed by atoms with van der Waals surface area (Å²) in [6.45, 7) is 6.82. The van der Waals surface area contributed by atoms with Crippen LogP contribution in [-0.2, 0) is 4.79 Å². The zero-order chi connectivity index (χ0) is 16.1. The van der Waals surface area contributed by atoms with E-state index in [0.29, 0.717) is 18.8 Å². The van der Waals surface area contributed by atoms with Gasteiger partial charge in [0.1, 0.15) is 5.69 Å². The SMILES string of the molecule is CCN(CC)C(=O)C1CCN(c2ccccc2[N+](=O)[O-])CC1. The van der Waals surface area contributed by atoms with Crippen molar-refractivity contribution in [2.45, 2.75) is 26.7 Å². The van der Waals surface area contributed by atoms with Crippen LogP contribution in [0.5, 0.6) is 0 Å². The Morgan fingerprint density at radius 1 is 1.27 bits per heavy atom. The lowest BCUT2D eigenvalue weighted by Crippen LogP contribution is -2.42. The van der Waals surface area contributed by atoms with Gasteiger partial charge >= 0.3 is 0 Å². The van der Waals surface area contributed by atoms with Gasteiger partial charge in [-0.1, -0.05) is 12.1 Å². The van der Waals surface area contributed by atoms with Gasteiger partial charge < -0.3 is 9.80 Å². The first-order valence-electron chi connectivity index (χ1n) is 7.85. The Balaban J connectivity index is 2.04. The van der Waals surface area contributed by atoms with Crippen LogP contribution in [0.1, 0.15) is 26.7 Å². The number of piperidine rings is 1. The number of nitro groups is 1. The van der Waals surface area contributed by atoms with Gasteiger partial charge in [-0.05, 0) is 32.8 Å². The monoisotopic (exact) mass is 305 g/mol. The first-order chi connectivity index (χ1) is 10.6. The summed E-state index contributed by atoms with van der Waals surface area (Å²) >= 11 is 0. The number of para-hydroxylation sites is 2. The average molecular weight is 305 g/mol. The molecule has 0 bridgehead atoms. The van der Waals surface area contributed by atoms with Crippen LogP contribution in [0.4, 0.5) is 11.4 Å². The molecule has 0 aromatic heterocycles. The van der Waals surface area contributed by atoms with Gasteiger partial charge in [0.05, 0.1) is 4.92 Å². The molecule has 0 aliphatic carbocycles. The van der Waals surface area contributed by atoms with Crippen LogP contribution >= 0.6 is 0 Å². The van der Waals surface area contributed by atoms with Crippen LogP contribution in [0.25, 0.3) is 0 Å². The van der Waals surface area contributed by atoms with E-state index < -0.39 is 0 Å². The maximum Gasteiger partial charge on any atom is 0.292 e. The number of hydrogen-bond acceptors (Lipinski definition) is 4. The second-order valence-corrected chi connectivity index (χ2v) is 5.52. The summed E-state index contributed by atoms with van der Waals surface area (Å²) in [4.78, 5) is 27.0. The van der Waals surface area contributed by atoms with Gasteiger partial charge in [-0.15, -0.1) is 0 Å². The molecule has 0 unspecified atom stereocenters. The highest BCUT2D eigenvalue weighted by atomic mass is 16.6. The topological polar surface area (TPSA) is 66.7 Å². The Kier molecular flexibility index (Phi) is 5.35. The third kappa shape index (κ3) is 3.37. The predicted octanol–water partition coefficient (Wildman–Crippen LogP) is 2.68. The zero-order valence-corrected chi connectivity index (χ0v) is 13.2. The lowest BCUT2D eigenvalue weighted by molar-refractivity contribution is -0.384. The fraction of sp³-hybridized carbons (Fsp3) is 0.562. The largest absolute Gasteiger partial charge is 0.366 e. The van der Waals surface area contributed by atoms with E-state index in [-0.39, 0.29) is 22.4 Å². The van der Waals surface area contributed by atoms with Crippen LogP contribution in [0, 0.1) is 16.0 Å². The summed E-state index contributed by atoms with van der Waals surface area (Å²) in [5.74, 6) is 0.256. The van der Waals surface area contributed by atoms with Gasteiger partial charge in [-0.2, -0.15) is 0 Å². The van der Waals surface area contributed by atoms with Gasteiger partial charge in [0.15, 0.2) is 0 Å². The summed E-state index contributed by atoms with van der Waals surface area (Å²) < 4.78 is 0. The molecule has 1 fully saturated rings. The molecule has 6 nitrogen and oxygen atoms in total. The average Bonchev–Trinajstić information content (AvgIpc) is 2.56. The predicted molar refractivity (Wildman–Crippen MR) is 86.0 cm³/mol. The van der Waals surface area contributed by atoms with Crippen LogP contribution < -0.4 is 4.90 Å². The first kappa shape index (κ1) is 16.3. The number of carbonyl (C=O) groups is 1. The molecular weight excluding hydrogens is 282 g/mol. The smallest absolute Gasteiger partial charge is 0.292 e. The summed E-state index contributed by atoms with van der Waals surface area (Å²) in [5, 5.41) is 11.1. The number of anilines is 1. The fourth-order valence-electron chi connectivity index (χ4n) is 3.05. The van der Waals surface area contributed by atoms with E-state index in [4.69, 9.17) is 0 Å². The molecule has 1 aromatic rings. The fourth-order valence-corrected chi connectivity index (χ4v) is 3.05. The Bertz CT molecular complexity index is 535. The van der Waals surface area contributed by atoms with Gasteiger partial charge in [0.2, 0.25) is 5.91 Å². The van der Waals surface area contributed by atoms with Crippen molar-refractivity contribution in [2.75, 3.05) is 31.1 Å². The van der Waals surface area contributed by atoms with Gasteiger partial charge in [0.25, 0.3) is 5.69 Å². The summed E-state index contributed by atoms with van der Waals surface area (Å²) in [7, 11) is 0. The van der Waals surface area contributed by atoms with Crippen molar-refractivity contribution >= 4 is 17.3 Å². The van der Waals surface area contributed by atoms with E-state index in [0.717, 1.165) is 25.9 Å². The van der Waals surface area contributed by atoms with Crippen molar-refractivity contribution in [3.05, 3.63) is 34.4 Å². The number of rotatable bonds is 5. The van der Waals surface area contributed by atoms with E-state index in [9.17, 15) is 14.9 Å². The molecule has 120 valence electrons. The lowest BCUT2D eigenvalue weighted by atomic mass is 9.94. The van der Waals surface area contributed by atoms with Gasteiger partial charge in [-0.25, -0.2) is 0 Å². The molecule has 22 heavy (non-hydrogen) atoms. The molecule has 1 aliphatic rings. The van der Waals surface area contributed by atoms with E-state index in [1.54, 1.807) is 12.1 Å². The Morgan fingerprint density at radius 2 is 1.86 bits per heavy atom. The van der Waals surface area contributed by atoms with Crippen LogP contribution in [0.15, 0.2) is 24.3 Å². The maximum absolute atomic E-state index is 12.4. The minimum absolute atomic E-state index is 0.0407. The van der Waals surface area contributed by atoms with Crippen LogP contribution in [-0.4, -0.2) is 41.9 Å². The standard InChI is InChI=1S/C16H23N3O3/c1-3-17(4-2)16(20)13-9-11-18(12-10-13)14-7-5-6-8-15(14)19(21)22/h5-8,13H,3-4,9-12H2,1-2H3. The van der Waals surface area contributed by atoms with Gasteiger partial charge in [-0.3, -0.25) is 14.9 Å². The van der Waals surface area contributed by atoms with Crippen molar-refractivity contribution in [1.82, 2.24) is 4.90 Å². The lowest BCUT2D eigenvalue weighted by Gasteiger charge is -2.34. The number of benzene rings is 1. The van der Waals surface area contributed by atoms with Crippen molar-refractivity contribution in [1.29, 1.82) is 0 Å². The van der Waals surface area contributed by atoms with Gasteiger partial charge in [0, 0.05) is 38.2 Å². The molecule has 1 heterocycles. The van der Waals surface area contributed by atoms with E-state index in [2.05, 4.69) is 0 Å². The first-order valence-corrected chi connectivity index (χ1v) is 7.85. The van der Waals surface area contributed by atoms with Crippen molar-refractivity contribution in [3.63, 3.8) is 0 Å². The minimum atomic E-state index is -0.345. The van der Waals surface area contributed by atoms with Crippen LogP contribution in [0.3, 0.4) is 0 Å². The van der Waals surface area contributed by atoms with Crippen molar-refractivity contribution < 1.29 is 9.72 Å². The number of carbonyl (C=O) groups excluding carboxylic acids is 1. The molecule has 0 saturated carbocycles. The second kappa shape index (κ2) is 7.24. The maximum atomic E-state index is 12.4. The highest BCUT2D eigenvalue weighted by molar-refractivity contribution is 5.79. The summed E-state index contributed by atoms with van der Waals surface area (Å²) in [5.41, 5.74) is 0.789. The summed E-state index contributed by atoms with van der Waals surface area (Å²) in [6.07, 6.45) is 1.50. The molecule has 1 aromatic carbocycles. The second-order valence-electron chi connectivity index (χ2n) is 5.52. The summed E-state index contributed by atoms with van der Waals surface area (Å²) in [6, 6.07) is 6.81. The highest BCUT2D eigenvalue weighted by Gasteiger charge is 2.29. The van der Waals surface area contributed by atoms with Crippen LogP contribution in [0.2, 0.25) is 0 Å². The molecule has 2 rings (SSSR count). The highest BCUT2D eigenvalue weighted by Crippen LogP contribution is 2.31. The van der Waals surface area contributed by atoms with E-state index >= 15 is 0 Å². The molecule has 6 heteroatoms. The molecule has 0 N–H and O–H groups in total. The quantitative estimate of drug-likeness (QED) is 0.619. The van der Waals surface area contributed by atoms with Crippen molar-refractivity contribution in [2.24, 2.45) is 5.92 Å². The Hall–Kier alpha value is -2.11. The number of nitro benzene ring substituents is 1. The normalized spacial score (nSPS) is 15.6. The molecule has 1 amide bonds. The molecule has 0 spiro atoms. The van der Waals surface area contributed by atoms with E-state index in [1.807, 2.05) is 29.7 Å². The minimum Gasteiger partial charge on any atom is -0.366 e. The Labute approximate surface area is 130 Å². The van der Waals surface area contributed by atoms with Crippen molar-refractivity contribution in [3.8, 4) is 0 Å². The number of nitrogens with zero attached hydrogens (tertiary/aromatic N) is 3. The molecule has 1 saturated heterocycles. The number of amides is 1. The Morgan fingerprint density at radius 3 is 2.41 bits per heavy atom. The number of hydrogen-bond donors (Lipinski definition) is 0. The van der Waals surface area contributed by atoms with E-state index in [1.165, 1.54) is 6.07 Å².